The van der Waals surface area contributed by atoms with Crippen molar-refractivity contribution >= 4 is 17.9 Å². The van der Waals surface area contributed by atoms with E-state index in [1.165, 1.54) is 18.2 Å². The Morgan fingerprint density at radius 1 is 0.413 bits per heavy atom. The van der Waals surface area contributed by atoms with Crippen LogP contribution in [0.15, 0.2) is 82.8 Å². The van der Waals surface area contributed by atoms with Gasteiger partial charge in [0.15, 0.2) is 0 Å². The fourth-order valence-electron chi connectivity index (χ4n) is 26.8. The number of rotatable bonds is 12. The Kier molecular flexibility index (Phi) is 21.4. The summed E-state index contributed by atoms with van der Waals surface area (Å²) >= 11 is 0. The van der Waals surface area contributed by atoms with Crippen LogP contribution in [-0.2, 0) is 28.6 Å². The van der Waals surface area contributed by atoms with E-state index in [9.17, 15) is 44.1 Å². The molecule has 0 radical (unpaired) electrons. The van der Waals surface area contributed by atoms with Gasteiger partial charge in [-0.25, -0.2) is 14.4 Å². The number of esters is 3. The van der Waals surface area contributed by atoms with E-state index in [4.69, 9.17) is 44.7 Å². The van der Waals surface area contributed by atoms with Crippen LogP contribution in [0.2, 0.25) is 0 Å². The summed E-state index contributed by atoms with van der Waals surface area (Å²) in [6.07, 6.45) is 31.7. The summed E-state index contributed by atoms with van der Waals surface area (Å²) in [6, 6.07) is 8.53. The molecule has 18 heteroatoms. The van der Waals surface area contributed by atoms with Crippen molar-refractivity contribution < 1.29 is 57.2 Å². The number of fused-ring (bicyclic) bond motifs is 15. The van der Waals surface area contributed by atoms with Crippen LogP contribution in [0.5, 0.6) is 0 Å². The first-order valence-electron chi connectivity index (χ1n) is 40.9. The van der Waals surface area contributed by atoms with Crippen LogP contribution >= 0.6 is 0 Å². The first-order chi connectivity index (χ1) is 49.1. The molecule has 3 aromatic rings. The lowest BCUT2D eigenvalue weighted by atomic mass is 9.43. The maximum absolute atomic E-state index is 12.6. The quantitative estimate of drug-likeness (QED) is 0.0725. The minimum absolute atomic E-state index is 0.0290. The van der Waals surface area contributed by atoms with E-state index in [-0.39, 0.29) is 121 Å². The fourth-order valence-corrected chi connectivity index (χ4v) is 26.8. The monoisotopic (exact) mass is 1440 g/mol. The summed E-state index contributed by atoms with van der Waals surface area (Å²) in [7, 11) is 0. The average Bonchev–Trinajstić information content (AvgIpc) is 1.43. The molecule has 9 N–H and O–H groups in total. The normalized spacial score (nSPS) is 43.9. The van der Waals surface area contributed by atoms with Gasteiger partial charge in [-0.1, -0.05) is 69.2 Å². The van der Waals surface area contributed by atoms with E-state index in [1.807, 2.05) is 32.0 Å². The topological polar surface area (TPSA) is 308 Å². The van der Waals surface area contributed by atoms with Gasteiger partial charge in [-0.05, 0) is 321 Å². The Labute approximate surface area is 617 Å². The zero-order valence-electron chi connectivity index (χ0n) is 64.5. The molecule has 27 atom stereocenters. The van der Waals surface area contributed by atoms with Crippen LogP contribution in [0.3, 0.4) is 0 Å². The molecule has 15 rings (SSSR count). The molecule has 0 amide bonds. The van der Waals surface area contributed by atoms with Crippen molar-refractivity contribution in [3.8, 4) is 0 Å². The third-order valence-electron chi connectivity index (χ3n) is 33.0. The third-order valence-corrected chi connectivity index (χ3v) is 33.0. The summed E-state index contributed by atoms with van der Waals surface area (Å²) in [5, 5.41) is 37.1. The first-order valence-corrected chi connectivity index (χ1v) is 40.9. The molecule has 576 valence electrons. The summed E-state index contributed by atoms with van der Waals surface area (Å²) in [5.41, 5.74) is 17.8. The highest BCUT2D eigenvalue weighted by Crippen LogP contribution is 2.74. The fraction of sp³-hybridized carbons (Fsp3) is 0.791. The Bertz CT molecular complexity index is 3730. The van der Waals surface area contributed by atoms with Crippen LogP contribution in [0.1, 0.15) is 290 Å². The van der Waals surface area contributed by atoms with Crippen LogP contribution in [-0.4, -0.2) is 86.5 Å². The molecule has 12 aliphatic carbocycles. The van der Waals surface area contributed by atoms with E-state index in [2.05, 4.69) is 55.4 Å². The summed E-state index contributed by atoms with van der Waals surface area (Å²) in [5.74, 6) is 4.16. The van der Waals surface area contributed by atoms with Crippen LogP contribution < -0.4 is 34.1 Å². The summed E-state index contributed by atoms with van der Waals surface area (Å²) in [6.45, 7) is 23.9. The lowest BCUT2D eigenvalue weighted by molar-refractivity contribution is -0.208. The van der Waals surface area contributed by atoms with Crippen LogP contribution in [0, 0.1) is 97.6 Å². The lowest BCUT2D eigenvalue weighted by Gasteiger charge is -2.63. The largest absolute Gasteiger partial charge is 0.461 e. The average molecular weight is 1440 g/mol. The smallest absolute Gasteiger partial charge is 0.335 e. The number of nitrogens with two attached hydrogens (primary N) is 3. The second kappa shape index (κ2) is 28.8. The number of hydrogen-bond acceptors (Lipinski definition) is 18. The zero-order chi connectivity index (χ0) is 74.6. The molecule has 0 aromatic carbocycles. The molecule has 0 spiro atoms. The highest BCUT2D eigenvalue weighted by Gasteiger charge is 2.71. The second-order valence-electron chi connectivity index (χ2n) is 38.4. The number of ether oxygens (including phenoxy) is 3. The maximum Gasteiger partial charge on any atom is 0.335 e. The van der Waals surface area contributed by atoms with Gasteiger partial charge in [0.1, 0.15) is 36.4 Å². The van der Waals surface area contributed by atoms with Gasteiger partial charge in [-0.2, -0.15) is 0 Å². The van der Waals surface area contributed by atoms with E-state index >= 15 is 0 Å². The first kappa shape index (κ1) is 77.2. The van der Waals surface area contributed by atoms with Crippen molar-refractivity contribution in [3.63, 3.8) is 0 Å². The molecule has 0 aliphatic heterocycles. The molecule has 12 fully saturated rings. The molecule has 12 aliphatic rings. The highest BCUT2D eigenvalue weighted by atomic mass is 16.6. The van der Waals surface area contributed by atoms with Gasteiger partial charge in [0.2, 0.25) is 0 Å². The molecular weight excluding hydrogens is 1310 g/mol. The molecule has 3 aromatic heterocycles. The van der Waals surface area contributed by atoms with E-state index < -0.39 is 34.9 Å². The predicted octanol–water partition coefficient (Wildman–Crippen LogP) is 14.1. The van der Waals surface area contributed by atoms with Gasteiger partial charge in [-0.3, -0.25) is 14.4 Å². The third kappa shape index (κ3) is 13.1. The van der Waals surface area contributed by atoms with Gasteiger partial charge in [-0.15, -0.1) is 0 Å². The van der Waals surface area contributed by atoms with Crippen molar-refractivity contribution in [2.75, 3.05) is 0 Å². The zero-order valence-corrected chi connectivity index (χ0v) is 64.5. The molecule has 12 saturated carbocycles. The number of aliphatic hydroxyl groups is 3. The lowest BCUT2D eigenvalue weighted by Crippen LogP contribution is -2.62. The molecule has 0 bridgehead atoms. The molecule has 104 heavy (non-hydrogen) atoms. The van der Waals surface area contributed by atoms with Gasteiger partial charge in [0, 0.05) is 34.4 Å². The summed E-state index contributed by atoms with van der Waals surface area (Å²) < 4.78 is 33.1. The molecule has 18 nitrogen and oxygen atoms in total. The van der Waals surface area contributed by atoms with Crippen molar-refractivity contribution in [3.05, 3.63) is 103 Å². The van der Waals surface area contributed by atoms with Crippen molar-refractivity contribution in [1.82, 2.24) is 0 Å². The van der Waals surface area contributed by atoms with Crippen molar-refractivity contribution in [2.24, 2.45) is 115 Å². The molecule has 0 saturated heterocycles. The van der Waals surface area contributed by atoms with Crippen molar-refractivity contribution in [1.29, 1.82) is 0 Å². The second-order valence-corrected chi connectivity index (χ2v) is 38.4. The van der Waals surface area contributed by atoms with E-state index in [1.54, 1.807) is 25.7 Å². The minimum Gasteiger partial charge on any atom is -0.461 e. The molecule has 3 unspecified atom stereocenters. The Morgan fingerprint density at radius 2 is 0.731 bits per heavy atom. The SMILES string of the molecule is CC(C)C(N)C(=O)O[C@H]1CC[C@@]2(C)[C@H](CC[C@@H]3[C@@H]2CC[C@]2(C)[C@@H](c4ccc(=O)oc4)CC[C@]32O)C1.CC(C)CC(N)C(=O)O[C@H]1CC[C@@]2(C)[C@H](CC[C@@H]3[C@@H]2CC[C@]2(C)[C@@H](c4ccc(=O)oc4)CC[C@]32O)C1.CC(N)C(=O)O[C@H]1CC[C@@]2(C)[C@H](CC[C@@H]3[C@@H]2CC[C@]2(C)[C@@H](c4ccc(=O)oc4)CC[C@]32O)C1. The van der Waals surface area contributed by atoms with E-state index in [0.29, 0.717) is 53.8 Å². The standard InChI is InChI=1S/C30H45NO5.C29H43NO5.C27H39NO5/c1-18(2)15-25(31)27(33)36-21-9-12-28(3)20(16-21)6-7-24-23(28)10-13-29(4)22(11-14-30(24,29)34)19-5-8-26(32)35-17-19;1-17(2)25(30)26(32)35-20-9-12-27(3)19(15-20)6-7-23-22(27)10-13-28(4)21(11-14-29(23,28)33)18-5-8-24(31)34-16-18;1-16(28)24(30)33-19-8-11-25(2)18(14-19)5-6-22-21(25)9-12-26(3)20(10-13-27(22,26)31)17-4-7-23(29)32-15-17/h5,8,17-18,20-25,34H,6-7,9-16,31H2,1-4H3;5,8,16-17,19-23,25,33H,6-7,9-15,30H2,1-4H3;4,7,15-16,18-22,31H,5-6,8-14,28H2,1-3H3/t20-,21+,22-,23+,24-,25?,28+,29-,30+;19-,20+,21-,22+,23-,25?,27+,28-,29+;16?,18-,19+,20-,21+,22-,25+,26-,27+/m111/s1. The minimum atomic E-state index is -0.697. The van der Waals surface area contributed by atoms with Crippen LogP contribution in [0.25, 0.3) is 0 Å². The Balaban J connectivity index is 0.000000139. The summed E-state index contributed by atoms with van der Waals surface area (Å²) in [4.78, 5) is 71.6. The van der Waals surface area contributed by atoms with Gasteiger partial charge in [0.05, 0.1) is 35.6 Å². The van der Waals surface area contributed by atoms with E-state index in [0.717, 1.165) is 190 Å². The van der Waals surface area contributed by atoms with Gasteiger partial charge in [0.25, 0.3) is 0 Å². The Hall–Kier alpha value is -4.98. The number of carbonyl (C=O) groups is 3. The van der Waals surface area contributed by atoms with Crippen molar-refractivity contribution in [2.45, 2.75) is 327 Å². The van der Waals surface area contributed by atoms with Gasteiger partial charge < -0.3 is 60.0 Å². The van der Waals surface area contributed by atoms with Crippen LogP contribution in [0.4, 0.5) is 0 Å². The maximum atomic E-state index is 12.6. The predicted molar refractivity (Wildman–Crippen MR) is 396 cm³/mol. The molecule has 3 heterocycles. The number of hydrogen-bond donors (Lipinski definition) is 6. The molecular formula is C86H127N3O15. The van der Waals surface area contributed by atoms with Gasteiger partial charge >= 0.3 is 34.8 Å². The Morgan fingerprint density at radius 3 is 1.02 bits per heavy atom. The highest BCUT2D eigenvalue weighted by molar-refractivity contribution is 5.76. The number of carbonyl (C=O) groups excluding carboxylic acids is 3.